The zero-order chi connectivity index (χ0) is 13.4. The van der Waals surface area contributed by atoms with Crippen LogP contribution in [0.1, 0.15) is 27.7 Å². The Morgan fingerprint density at radius 1 is 1.17 bits per heavy atom. The molecule has 0 saturated heterocycles. The summed E-state index contributed by atoms with van der Waals surface area (Å²) in [6.45, 7) is 10.6. The molecule has 0 fully saturated rings. The number of hydrogen-bond acceptors (Lipinski definition) is 3. The van der Waals surface area contributed by atoms with Gasteiger partial charge in [-0.3, -0.25) is 0 Å². The van der Waals surface area contributed by atoms with Crippen molar-refractivity contribution in [1.82, 2.24) is 0 Å². The van der Waals surface area contributed by atoms with Crippen molar-refractivity contribution in [2.75, 3.05) is 25.1 Å². The van der Waals surface area contributed by atoms with Crippen LogP contribution in [0.4, 0.5) is 5.69 Å². The molecule has 0 saturated carbocycles. The Hall–Kier alpha value is -1.22. The minimum Gasteiger partial charge on any atom is -0.493 e. The first-order valence-corrected chi connectivity index (χ1v) is 6.69. The summed E-state index contributed by atoms with van der Waals surface area (Å²) in [7, 11) is 0. The van der Waals surface area contributed by atoms with Gasteiger partial charge < -0.3 is 14.8 Å². The molecule has 0 aliphatic rings. The standard InChI is InChI=1S/C15H25NO2/c1-5-17-11-13(4)16-14-7-6-8-15(9-14)18-10-12(2)3/h6-9,12-13,16H,5,10-11H2,1-4H3. The van der Waals surface area contributed by atoms with E-state index in [1.165, 1.54) is 0 Å². The molecule has 0 spiro atoms. The van der Waals surface area contributed by atoms with Crippen molar-refractivity contribution in [3.05, 3.63) is 24.3 Å². The zero-order valence-electron chi connectivity index (χ0n) is 11.9. The highest BCUT2D eigenvalue weighted by Gasteiger charge is 2.03. The van der Waals surface area contributed by atoms with Gasteiger partial charge >= 0.3 is 0 Å². The summed E-state index contributed by atoms with van der Waals surface area (Å²) in [4.78, 5) is 0. The SMILES string of the molecule is CCOCC(C)Nc1cccc(OCC(C)C)c1. The molecule has 0 aromatic heterocycles. The van der Waals surface area contributed by atoms with Crippen LogP contribution in [0.5, 0.6) is 5.75 Å². The molecular formula is C15H25NO2. The number of anilines is 1. The molecule has 102 valence electrons. The third-order valence-electron chi connectivity index (χ3n) is 2.40. The molecule has 1 rings (SSSR count). The molecule has 0 radical (unpaired) electrons. The molecule has 3 nitrogen and oxygen atoms in total. The largest absolute Gasteiger partial charge is 0.493 e. The summed E-state index contributed by atoms with van der Waals surface area (Å²) in [5.41, 5.74) is 1.07. The van der Waals surface area contributed by atoms with E-state index in [2.05, 4.69) is 26.1 Å². The van der Waals surface area contributed by atoms with Gasteiger partial charge in [0.15, 0.2) is 0 Å². The van der Waals surface area contributed by atoms with Crippen LogP contribution in [0.2, 0.25) is 0 Å². The first-order chi connectivity index (χ1) is 8.61. The summed E-state index contributed by atoms with van der Waals surface area (Å²) in [5, 5.41) is 3.40. The molecule has 0 aliphatic carbocycles. The highest BCUT2D eigenvalue weighted by atomic mass is 16.5. The number of benzene rings is 1. The average molecular weight is 251 g/mol. The van der Waals surface area contributed by atoms with Crippen LogP contribution in [0.15, 0.2) is 24.3 Å². The van der Waals surface area contributed by atoms with Crippen molar-refractivity contribution >= 4 is 5.69 Å². The predicted octanol–water partition coefficient (Wildman–Crippen LogP) is 3.56. The topological polar surface area (TPSA) is 30.5 Å². The van der Waals surface area contributed by atoms with Gasteiger partial charge in [-0.25, -0.2) is 0 Å². The van der Waals surface area contributed by atoms with E-state index in [1.807, 2.05) is 31.2 Å². The summed E-state index contributed by atoms with van der Waals surface area (Å²) in [6, 6.07) is 8.37. The van der Waals surface area contributed by atoms with Crippen LogP contribution < -0.4 is 10.1 Å². The van der Waals surface area contributed by atoms with Gasteiger partial charge in [-0.15, -0.1) is 0 Å². The normalized spacial score (nSPS) is 12.5. The van der Waals surface area contributed by atoms with Crippen LogP contribution in [0.25, 0.3) is 0 Å². The summed E-state index contributed by atoms with van der Waals surface area (Å²) >= 11 is 0. The van der Waals surface area contributed by atoms with Crippen LogP contribution >= 0.6 is 0 Å². The molecule has 1 aromatic rings. The van der Waals surface area contributed by atoms with E-state index in [0.717, 1.165) is 24.7 Å². The average Bonchev–Trinajstić information content (AvgIpc) is 2.34. The Kier molecular flexibility index (Phi) is 6.58. The first kappa shape index (κ1) is 14.8. The van der Waals surface area contributed by atoms with Gasteiger partial charge in [0.05, 0.1) is 13.2 Å². The monoisotopic (exact) mass is 251 g/mol. The highest BCUT2D eigenvalue weighted by molar-refractivity contribution is 5.48. The van der Waals surface area contributed by atoms with Crippen LogP contribution in [0.3, 0.4) is 0 Å². The van der Waals surface area contributed by atoms with E-state index in [1.54, 1.807) is 0 Å². The lowest BCUT2D eigenvalue weighted by atomic mass is 10.2. The maximum atomic E-state index is 5.70. The van der Waals surface area contributed by atoms with Crippen molar-refractivity contribution in [2.45, 2.75) is 33.7 Å². The second kappa shape index (κ2) is 7.98. The van der Waals surface area contributed by atoms with E-state index < -0.39 is 0 Å². The maximum Gasteiger partial charge on any atom is 0.121 e. The molecule has 1 N–H and O–H groups in total. The number of rotatable bonds is 8. The fourth-order valence-electron chi connectivity index (χ4n) is 1.56. The van der Waals surface area contributed by atoms with Gasteiger partial charge in [0, 0.05) is 24.4 Å². The fraction of sp³-hybridized carbons (Fsp3) is 0.600. The predicted molar refractivity (Wildman–Crippen MR) is 76.4 cm³/mol. The highest BCUT2D eigenvalue weighted by Crippen LogP contribution is 2.18. The van der Waals surface area contributed by atoms with Crippen LogP contribution in [-0.2, 0) is 4.74 Å². The lowest BCUT2D eigenvalue weighted by Crippen LogP contribution is -2.21. The van der Waals surface area contributed by atoms with E-state index in [-0.39, 0.29) is 0 Å². The number of hydrogen-bond donors (Lipinski definition) is 1. The smallest absolute Gasteiger partial charge is 0.121 e. The molecule has 1 atom stereocenters. The molecule has 1 aromatic carbocycles. The zero-order valence-corrected chi connectivity index (χ0v) is 11.9. The van der Waals surface area contributed by atoms with Crippen molar-refractivity contribution in [1.29, 1.82) is 0 Å². The first-order valence-electron chi connectivity index (χ1n) is 6.69. The molecule has 18 heavy (non-hydrogen) atoms. The fourth-order valence-corrected chi connectivity index (χ4v) is 1.56. The Bertz CT molecular complexity index is 339. The van der Waals surface area contributed by atoms with Crippen LogP contribution in [-0.4, -0.2) is 25.9 Å². The molecule has 0 amide bonds. The van der Waals surface area contributed by atoms with E-state index in [9.17, 15) is 0 Å². The minimum atomic E-state index is 0.297. The van der Waals surface area contributed by atoms with Crippen molar-refractivity contribution in [3.63, 3.8) is 0 Å². The van der Waals surface area contributed by atoms with Gasteiger partial charge in [0.2, 0.25) is 0 Å². The summed E-state index contributed by atoms with van der Waals surface area (Å²) < 4.78 is 11.1. The van der Waals surface area contributed by atoms with E-state index in [0.29, 0.717) is 18.6 Å². The van der Waals surface area contributed by atoms with Crippen molar-refractivity contribution in [3.8, 4) is 5.75 Å². The van der Waals surface area contributed by atoms with Gasteiger partial charge in [-0.2, -0.15) is 0 Å². The van der Waals surface area contributed by atoms with Crippen molar-refractivity contribution < 1.29 is 9.47 Å². The third kappa shape index (κ3) is 5.92. The Labute approximate surface area is 110 Å². The Morgan fingerprint density at radius 3 is 2.61 bits per heavy atom. The molecular weight excluding hydrogens is 226 g/mol. The number of ether oxygens (including phenoxy) is 2. The lowest BCUT2D eigenvalue weighted by Gasteiger charge is -2.16. The Balaban J connectivity index is 2.48. The quantitative estimate of drug-likeness (QED) is 0.766. The summed E-state index contributed by atoms with van der Waals surface area (Å²) in [5.74, 6) is 1.45. The van der Waals surface area contributed by atoms with Crippen molar-refractivity contribution in [2.24, 2.45) is 5.92 Å². The van der Waals surface area contributed by atoms with Gasteiger partial charge in [-0.05, 0) is 31.9 Å². The lowest BCUT2D eigenvalue weighted by molar-refractivity contribution is 0.141. The van der Waals surface area contributed by atoms with E-state index in [4.69, 9.17) is 9.47 Å². The van der Waals surface area contributed by atoms with E-state index >= 15 is 0 Å². The molecule has 0 aliphatic heterocycles. The third-order valence-corrected chi connectivity index (χ3v) is 2.40. The van der Waals surface area contributed by atoms with Crippen LogP contribution in [0, 0.1) is 5.92 Å². The Morgan fingerprint density at radius 2 is 1.94 bits per heavy atom. The second-order valence-electron chi connectivity index (χ2n) is 4.94. The molecule has 1 unspecified atom stereocenters. The minimum absolute atomic E-state index is 0.297. The van der Waals surface area contributed by atoms with Gasteiger partial charge in [-0.1, -0.05) is 19.9 Å². The molecule has 0 bridgehead atoms. The number of nitrogens with one attached hydrogen (secondary N) is 1. The van der Waals surface area contributed by atoms with Gasteiger partial charge in [0.1, 0.15) is 5.75 Å². The maximum absolute atomic E-state index is 5.70. The summed E-state index contributed by atoms with van der Waals surface area (Å²) in [6.07, 6.45) is 0. The van der Waals surface area contributed by atoms with Gasteiger partial charge in [0.25, 0.3) is 0 Å². The molecule has 3 heteroatoms. The second-order valence-corrected chi connectivity index (χ2v) is 4.94. The molecule has 0 heterocycles.